The summed E-state index contributed by atoms with van der Waals surface area (Å²) in [6.45, 7) is 7.69. The Hall–Kier alpha value is -1.16. The fourth-order valence-corrected chi connectivity index (χ4v) is 5.16. The van der Waals surface area contributed by atoms with Gasteiger partial charge in [-0.3, -0.25) is 0 Å². The summed E-state index contributed by atoms with van der Waals surface area (Å²) in [5.41, 5.74) is 3.13. The molecule has 0 bridgehead atoms. The average molecular weight is 357 g/mol. The molecule has 0 unspecified atom stereocenters. The molecule has 0 fully saturated rings. The minimum absolute atomic E-state index is 0.902. The van der Waals surface area contributed by atoms with Gasteiger partial charge in [-0.15, -0.1) is 11.3 Å². The van der Waals surface area contributed by atoms with Crippen LogP contribution in [0, 0.1) is 0 Å². The van der Waals surface area contributed by atoms with Gasteiger partial charge in [0.1, 0.15) is 0 Å². The first-order valence-corrected chi connectivity index (χ1v) is 12.8. The molecule has 3 aromatic rings. The Bertz CT molecular complexity index is 806. The van der Waals surface area contributed by atoms with Gasteiger partial charge in [-0.25, -0.2) is 0 Å². The predicted octanol–water partition coefficient (Wildman–Crippen LogP) is 6.33. The smallest absolute Gasteiger partial charge is 0.170 e. The topological polar surface area (TPSA) is 9.23 Å². The SMILES string of the molecule is CCCCc1ccc2sc3ccccc3c2c1CCCO[SiH](C)C. The maximum atomic E-state index is 5.91. The minimum Gasteiger partial charge on any atom is -0.421 e. The lowest BCUT2D eigenvalue weighted by Gasteiger charge is -2.13. The summed E-state index contributed by atoms with van der Waals surface area (Å²) < 4.78 is 8.75. The van der Waals surface area contributed by atoms with Crippen molar-refractivity contribution in [1.29, 1.82) is 0 Å². The first kappa shape index (κ1) is 17.7. The van der Waals surface area contributed by atoms with E-state index in [-0.39, 0.29) is 0 Å². The van der Waals surface area contributed by atoms with E-state index < -0.39 is 9.04 Å². The van der Waals surface area contributed by atoms with Crippen molar-refractivity contribution in [1.82, 2.24) is 0 Å². The molecule has 0 saturated heterocycles. The van der Waals surface area contributed by atoms with Crippen LogP contribution in [0.25, 0.3) is 20.2 Å². The number of benzene rings is 2. The molecule has 1 aromatic heterocycles. The van der Waals surface area contributed by atoms with Gasteiger partial charge >= 0.3 is 0 Å². The van der Waals surface area contributed by atoms with E-state index in [0.717, 1.165) is 19.4 Å². The molecule has 0 aliphatic heterocycles. The number of aryl methyl sites for hydroxylation is 2. The van der Waals surface area contributed by atoms with Crippen molar-refractivity contribution in [3.05, 3.63) is 47.5 Å². The highest BCUT2D eigenvalue weighted by molar-refractivity contribution is 7.25. The molecule has 1 nitrogen and oxygen atoms in total. The van der Waals surface area contributed by atoms with E-state index in [1.54, 1.807) is 11.1 Å². The van der Waals surface area contributed by atoms with Gasteiger partial charge in [0.25, 0.3) is 0 Å². The number of thiophene rings is 1. The lowest BCUT2D eigenvalue weighted by atomic mass is 9.94. The third-order valence-corrected chi connectivity index (χ3v) is 6.61. The van der Waals surface area contributed by atoms with Crippen molar-refractivity contribution in [2.45, 2.75) is 52.1 Å². The molecule has 3 rings (SSSR count). The minimum atomic E-state index is -0.902. The summed E-state index contributed by atoms with van der Waals surface area (Å²) in [5.74, 6) is 0. The number of unbranched alkanes of at least 4 members (excludes halogenated alkanes) is 1. The van der Waals surface area contributed by atoms with Gasteiger partial charge in [-0.1, -0.05) is 37.6 Å². The number of hydrogen-bond donors (Lipinski definition) is 0. The molecule has 0 N–H and O–H groups in total. The van der Waals surface area contributed by atoms with Gasteiger partial charge in [-0.2, -0.15) is 0 Å². The van der Waals surface area contributed by atoms with Gasteiger partial charge in [0.15, 0.2) is 9.04 Å². The Labute approximate surface area is 151 Å². The largest absolute Gasteiger partial charge is 0.421 e. The van der Waals surface area contributed by atoms with Crippen LogP contribution in [0.1, 0.15) is 37.3 Å². The second-order valence-corrected chi connectivity index (χ2v) is 10.3. The average Bonchev–Trinajstić information content (AvgIpc) is 2.96. The maximum absolute atomic E-state index is 5.91. The van der Waals surface area contributed by atoms with Crippen molar-refractivity contribution in [3.8, 4) is 0 Å². The first-order chi connectivity index (χ1) is 11.7. The summed E-state index contributed by atoms with van der Waals surface area (Å²) in [4.78, 5) is 0. The van der Waals surface area contributed by atoms with Crippen LogP contribution in [0.5, 0.6) is 0 Å². The van der Waals surface area contributed by atoms with Gasteiger partial charge in [-0.05, 0) is 62.0 Å². The first-order valence-electron chi connectivity index (χ1n) is 9.24. The lowest BCUT2D eigenvalue weighted by Crippen LogP contribution is -2.09. The van der Waals surface area contributed by atoms with Crippen LogP contribution in [-0.4, -0.2) is 15.6 Å². The Balaban J connectivity index is 1.99. The monoisotopic (exact) mass is 356 g/mol. The highest BCUT2D eigenvalue weighted by Gasteiger charge is 2.13. The quantitative estimate of drug-likeness (QED) is 0.338. The van der Waals surface area contributed by atoms with Crippen molar-refractivity contribution < 1.29 is 4.43 Å². The van der Waals surface area contributed by atoms with Crippen molar-refractivity contribution in [2.75, 3.05) is 6.61 Å². The van der Waals surface area contributed by atoms with E-state index in [0.29, 0.717) is 0 Å². The Morgan fingerprint density at radius 1 is 0.958 bits per heavy atom. The summed E-state index contributed by atoms with van der Waals surface area (Å²) >= 11 is 1.93. The second kappa shape index (κ2) is 8.28. The summed E-state index contributed by atoms with van der Waals surface area (Å²) in [5, 5.41) is 2.94. The third kappa shape index (κ3) is 3.90. The highest BCUT2D eigenvalue weighted by Crippen LogP contribution is 2.38. The summed E-state index contributed by atoms with van der Waals surface area (Å²) in [7, 11) is -0.902. The zero-order valence-corrected chi connectivity index (χ0v) is 17.1. The van der Waals surface area contributed by atoms with Gasteiger partial charge in [0.2, 0.25) is 0 Å². The molecule has 3 heteroatoms. The van der Waals surface area contributed by atoms with Crippen LogP contribution in [0.2, 0.25) is 13.1 Å². The number of fused-ring (bicyclic) bond motifs is 3. The van der Waals surface area contributed by atoms with Gasteiger partial charge in [0.05, 0.1) is 0 Å². The third-order valence-electron chi connectivity index (χ3n) is 4.57. The van der Waals surface area contributed by atoms with Crippen LogP contribution in [0.3, 0.4) is 0 Å². The van der Waals surface area contributed by atoms with E-state index in [2.05, 4.69) is 56.4 Å². The molecule has 1 heterocycles. The van der Waals surface area contributed by atoms with E-state index >= 15 is 0 Å². The Morgan fingerprint density at radius 2 is 1.79 bits per heavy atom. The zero-order chi connectivity index (χ0) is 16.9. The predicted molar refractivity (Wildman–Crippen MR) is 111 cm³/mol. The van der Waals surface area contributed by atoms with Crippen LogP contribution < -0.4 is 0 Å². The Kier molecular flexibility index (Phi) is 6.09. The molecule has 0 amide bonds. The van der Waals surface area contributed by atoms with Crippen LogP contribution in [0.15, 0.2) is 36.4 Å². The molecule has 128 valence electrons. The molecule has 0 atom stereocenters. The molecule has 0 spiro atoms. The highest BCUT2D eigenvalue weighted by atomic mass is 32.1. The summed E-state index contributed by atoms with van der Waals surface area (Å²) in [6, 6.07) is 13.6. The van der Waals surface area contributed by atoms with Crippen LogP contribution in [-0.2, 0) is 17.3 Å². The lowest BCUT2D eigenvalue weighted by molar-refractivity contribution is 0.319. The van der Waals surface area contributed by atoms with Crippen molar-refractivity contribution in [2.24, 2.45) is 0 Å². The molecule has 2 aromatic carbocycles. The van der Waals surface area contributed by atoms with E-state index in [1.165, 1.54) is 39.4 Å². The van der Waals surface area contributed by atoms with E-state index in [4.69, 9.17) is 4.43 Å². The van der Waals surface area contributed by atoms with Crippen molar-refractivity contribution in [3.63, 3.8) is 0 Å². The Morgan fingerprint density at radius 3 is 2.58 bits per heavy atom. The fourth-order valence-electron chi connectivity index (χ4n) is 3.39. The van der Waals surface area contributed by atoms with E-state index in [1.807, 2.05) is 11.3 Å². The molecule has 24 heavy (non-hydrogen) atoms. The van der Waals surface area contributed by atoms with E-state index in [9.17, 15) is 0 Å². The van der Waals surface area contributed by atoms with Gasteiger partial charge < -0.3 is 4.43 Å². The summed E-state index contributed by atoms with van der Waals surface area (Å²) in [6.07, 6.45) is 6.00. The molecular weight excluding hydrogens is 328 g/mol. The standard InChI is InChI=1S/C21H28OSSi/c1-4-5-9-16-13-14-20-21(17(16)11-8-15-22-24(2)3)18-10-6-7-12-19(18)23-20/h6-7,10,12-14,24H,4-5,8-9,11,15H2,1-3H3. The van der Waals surface area contributed by atoms with Crippen LogP contribution in [0.4, 0.5) is 0 Å². The molecule has 0 saturated carbocycles. The zero-order valence-electron chi connectivity index (χ0n) is 15.1. The number of hydrogen-bond acceptors (Lipinski definition) is 2. The molecule has 0 aliphatic carbocycles. The molecular formula is C21H28OSSi. The van der Waals surface area contributed by atoms with Crippen LogP contribution >= 0.6 is 11.3 Å². The molecule has 0 radical (unpaired) electrons. The molecule has 0 aliphatic rings. The second-order valence-electron chi connectivity index (χ2n) is 6.80. The number of rotatable bonds is 8. The maximum Gasteiger partial charge on any atom is 0.170 e. The van der Waals surface area contributed by atoms with Crippen molar-refractivity contribution >= 4 is 40.5 Å². The van der Waals surface area contributed by atoms with Gasteiger partial charge in [0, 0.05) is 26.8 Å². The normalized spacial score (nSPS) is 11.8. The fraction of sp³-hybridized carbons (Fsp3) is 0.429.